The van der Waals surface area contributed by atoms with E-state index in [0.717, 1.165) is 6.08 Å². The SMILES string of the molecule is C=CC(=O)OC(CC)C1(C)OCC(C)O1. The van der Waals surface area contributed by atoms with E-state index in [9.17, 15) is 4.79 Å². The van der Waals surface area contributed by atoms with E-state index in [-0.39, 0.29) is 6.10 Å². The van der Waals surface area contributed by atoms with Gasteiger partial charge in [0.25, 0.3) is 0 Å². The van der Waals surface area contributed by atoms with Crippen molar-refractivity contribution in [3.05, 3.63) is 12.7 Å². The molecule has 0 amide bonds. The average molecular weight is 214 g/mol. The van der Waals surface area contributed by atoms with E-state index in [1.165, 1.54) is 0 Å². The number of esters is 1. The van der Waals surface area contributed by atoms with Crippen molar-refractivity contribution < 1.29 is 19.0 Å². The molecule has 0 radical (unpaired) electrons. The minimum absolute atomic E-state index is 0.0338. The number of hydrogen-bond acceptors (Lipinski definition) is 4. The first-order chi connectivity index (χ1) is 7.01. The highest BCUT2D eigenvalue weighted by Gasteiger charge is 2.43. The van der Waals surface area contributed by atoms with E-state index in [1.54, 1.807) is 6.92 Å². The van der Waals surface area contributed by atoms with Gasteiger partial charge in [0.1, 0.15) is 0 Å². The van der Waals surface area contributed by atoms with Crippen molar-refractivity contribution >= 4 is 5.97 Å². The van der Waals surface area contributed by atoms with Gasteiger partial charge in [-0.1, -0.05) is 13.5 Å². The molecule has 0 saturated carbocycles. The fourth-order valence-corrected chi connectivity index (χ4v) is 1.67. The van der Waals surface area contributed by atoms with Crippen LogP contribution in [-0.2, 0) is 19.0 Å². The Morgan fingerprint density at radius 1 is 1.80 bits per heavy atom. The molecule has 0 bridgehead atoms. The third-order valence-electron chi connectivity index (χ3n) is 2.42. The van der Waals surface area contributed by atoms with Gasteiger partial charge in [0, 0.05) is 6.08 Å². The van der Waals surface area contributed by atoms with Crippen LogP contribution in [0.25, 0.3) is 0 Å². The average Bonchev–Trinajstić information content (AvgIpc) is 2.55. The lowest BCUT2D eigenvalue weighted by atomic mass is 10.1. The Hall–Kier alpha value is -0.870. The molecule has 1 aliphatic rings. The van der Waals surface area contributed by atoms with E-state index >= 15 is 0 Å². The number of ether oxygens (including phenoxy) is 3. The van der Waals surface area contributed by atoms with E-state index in [4.69, 9.17) is 14.2 Å². The van der Waals surface area contributed by atoms with Crippen LogP contribution < -0.4 is 0 Å². The standard InChI is InChI=1S/C11H18O4/c1-5-9(14-10(12)6-2)11(4)13-7-8(3)15-11/h6,8-9H,2,5,7H2,1,3-4H3. The molecule has 0 aromatic rings. The molecule has 1 heterocycles. The van der Waals surface area contributed by atoms with Gasteiger partial charge in [-0.25, -0.2) is 4.79 Å². The molecule has 1 fully saturated rings. The molecule has 0 aromatic heterocycles. The molecule has 3 unspecified atom stereocenters. The molecule has 0 aromatic carbocycles. The van der Waals surface area contributed by atoms with Crippen LogP contribution in [0.3, 0.4) is 0 Å². The van der Waals surface area contributed by atoms with Crippen LogP contribution in [0.2, 0.25) is 0 Å². The van der Waals surface area contributed by atoms with E-state index in [1.807, 2.05) is 13.8 Å². The smallest absolute Gasteiger partial charge is 0.330 e. The molecule has 4 nitrogen and oxygen atoms in total. The van der Waals surface area contributed by atoms with E-state index < -0.39 is 17.9 Å². The lowest BCUT2D eigenvalue weighted by Crippen LogP contribution is -2.43. The van der Waals surface area contributed by atoms with Crippen molar-refractivity contribution in [2.45, 2.75) is 45.2 Å². The normalized spacial score (nSPS) is 32.3. The summed E-state index contributed by atoms with van der Waals surface area (Å²) in [6, 6.07) is 0. The zero-order valence-electron chi connectivity index (χ0n) is 9.49. The Morgan fingerprint density at radius 2 is 2.47 bits per heavy atom. The maximum absolute atomic E-state index is 11.1. The molecule has 86 valence electrons. The van der Waals surface area contributed by atoms with E-state index in [0.29, 0.717) is 13.0 Å². The summed E-state index contributed by atoms with van der Waals surface area (Å²) in [7, 11) is 0. The van der Waals surface area contributed by atoms with Crippen LogP contribution in [0, 0.1) is 0 Å². The highest BCUT2D eigenvalue weighted by molar-refractivity contribution is 5.81. The molecular formula is C11H18O4. The molecule has 1 saturated heterocycles. The van der Waals surface area contributed by atoms with Crippen molar-refractivity contribution in [3.8, 4) is 0 Å². The molecule has 0 spiro atoms. The second-order valence-corrected chi connectivity index (χ2v) is 3.79. The summed E-state index contributed by atoms with van der Waals surface area (Å²) < 4.78 is 16.3. The molecule has 3 atom stereocenters. The predicted molar refractivity (Wildman–Crippen MR) is 55.3 cm³/mol. The second-order valence-electron chi connectivity index (χ2n) is 3.79. The Balaban J connectivity index is 2.65. The quantitative estimate of drug-likeness (QED) is 0.527. The monoisotopic (exact) mass is 214 g/mol. The fourth-order valence-electron chi connectivity index (χ4n) is 1.67. The molecular weight excluding hydrogens is 196 g/mol. The van der Waals surface area contributed by atoms with Gasteiger partial charge in [-0.3, -0.25) is 0 Å². The van der Waals surface area contributed by atoms with Crippen molar-refractivity contribution in [1.82, 2.24) is 0 Å². The van der Waals surface area contributed by atoms with Gasteiger partial charge < -0.3 is 14.2 Å². The van der Waals surface area contributed by atoms with Crippen molar-refractivity contribution in [2.24, 2.45) is 0 Å². The first-order valence-corrected chi connectivity index (χ1v) is 5.16. The Kier molecular flexibility index (Phi) is 3.88. The lowest BCUT2D eigenvalue weighted by Gasteiger charge is -2.31. The zero-order valence-corrected chi connectivity index (χ0v) is 9.49. The van der Waals surface area contributed by atoms with Gasteiger partial charge in [0.2, 0.25) is 5.79 Å². The zero-order chi connectivity index (χ0) is 11.5. The topological polar surface area (TPSA) is 44.8 Å². The third-order valence-corrected chi connectivity index (χ3v) is 2.42. The minimum atomic E-state index is -0.827. The van der Waals surface area contributed by atoms with E-state index in [2.05, 4.69) is 6.58 Å². The summed E-state index contributed by atoms with van der Waals surface area (Å²) in [5.74, 6) is -1.28. The molecule has 0 aliphatic carbocycles. The minimum Gasteiger partial charge on any atom is -0.454 e. The first-order valence-electron chi connectivity index (χ1n) is 5.16. The Bertz CT molecular complexity index is 251. The van der Waals surface area contributed by atoms with Crippen molar-refractivity contribution in [1.29, 1.82) is 0 Å². The fraction of sp³-hybridized carbons (Fsp3) is 0.727. The van der Waals surface area contributed by atoms with Crippen LogP contribution in [0.4, 0.5) is 0 Å². The van der Waals surface area contributed by atoms with Gasteiger partial charge >= 0.3 is 5.97 Å². The molecule has 15 heavy (non-hydrogen) atoms. The van der Waals surface area contributed by atoms with Gasteiger partial charge in [-0.15, -0.1) is 0 Å². The van der Waals surface area contributed by atoms with Gasteiger partial charge in [-0.2, -0.15) is 0 Å². The van der Waals surface area contributed by atoms with Crippen LogP contribution in [0.1, 0.15) is 27.2 Å². The summed E-state index contributed by atoms with van der Waals surface area (Å²) in [6.45, 7) is 9.52. The third kappa shape index (κ3) is 2.79. The summed E-state index contributed by atoms with van der Waals surface area (Å²) in [6.07, 6.45) is 1.42. The van der Waals surface area contributed by atoms with Gasteiger partial charge in [0.15, 0.2) is 6.10 Å². The largest absolute Gasteiger partial charge is 0.454 e. The Labute approximate surface area is 90.2 Å². The van der Waals surface area contributed by atoms with Crippen LogP contribution >= 0.6 is 0 Å². The molecule has 1 aliphatic heterocycles. The van der Waals surface area contributed by atoms with Gasteiger partial charge in [-0.05, 0) is 20.3 Å². The molecule has 0 N–H and O–H groups in total. The summed E-state index contributed by atoms with van der Waals surface area (Å²) in [4.78, 5) is 11.1. The number of hydrogen-bond donors (Lipinski definition) is 0. The number of carbonyl (C=O) groups excluding carboxylic acids is 1. The highest BCUT2D eigenvalue weighted by atomic mass is 16.8. The molecule has 1 rings (SSSR count). The number of carbonyl (C=O) groups is 1. The summed E-state index contributed by atoms with van der Waals surface area (Å²) in [5.41, 5.74) is 0. The second kappa shape index (κ2) is 4.77. The summed E-state index contributed by atoms with van der Waals surface area (Å²) in [5, 5.41) is 0. The van der Waals surface area contributed by atoms with Gasteiger partial charge in [0.05, 0.1) is 12.7 Å². The maximum atomic E-state index is 11.1. The predicted octanol–water partition coefficient (Wildman–Crippen LogP) is 1.65. The maximum Gasteiger partial charge on any atom is 0.330 e. The summed E-state index contributed by atoms with van der Waals surface area (Å²) >= 11 is 0. The highest BCUT2D eigenvalue weighted by Crippen LogP contribution is 2.30. The van der Waals surface area contributed by atoms with Crippen molar-refractivity contribution in [2.75, 3.05) is 6.61 Å². The number of rotatable bonds is 4. The van der Waals surface area contributed by atoms with Crippen LogP contribution in [0.5, 0.6) is 0 Å². The Morgan fingerprint density at radius 3 is 2.87 bits per heavy atom. The van der Waals surface area contributed by atoms with Crippen molar-refractivity contribution in [3.63, 3.8) is 0 Å². The van der Waals surface area contributed by atoms with Crippen LogP contribution in [-0.4, -0.2) is 30.6 Å². The molecule has 4 heteroatoms. The first kappa shape index (κ1) is 12.2. The lowest BCUT2D eigenvalue weighted by molar-refractivity contribution is -0.226. The van der Waals surface area contributed by atoms with Crippen LogP contribution in [0.15, 0.2) is 12.7 Å².